The Labute approximate surface area is 122 Å². The van der Waals surface area contributed by atoms with Crippen LogP contribution >= 0.6 is 23.2 Å². The number of hydrogen-bond donors (Lipinski definition) is 2. The Kier molecular flexibility index (Phi) is 5.06. The van der Waals surface area contributed by atoms with Gasteiger partial charge in [-0.3, -0.25) is 4.79 Å². The van der Waals surface area contributed by atoms with E-state index in [0.717, 1.165) is 0 Å². The van der Waals surface area contributed by atoms with Crippen molar-refractivity contribution in [2.45, 2.75) is 19.1 Å². The highest BCUT2D eigenvalue weighted by Gasteiger charge is 2.27. The van der Waals surface area contributed by atoms with Crippen LogP contribution in [0.4, 0.5) is 11.4 Å². The minimum Gasteiger partial charge on any atom is -0.397 e. The van der Waals surface area contributed by atoms with Gasteiger partial charge < -0.3 is 11.1 Å². The zero-order valence-electron chi connectivity index (χ0n) is 10.4. The predicted octanol–water partition coefficient (Wildman–Crippen LogP) is 2.34. The van der Waals surface area contributed by atoms with Crippen LogP contribution in [0.3, 0.4) is 0 Å². The SMILES string of the molecule is CCS(=O)(=O)C(C)C(=O)Nc1c(N)cc(Cl)cc1Cl. The molecule has 5 nitrogen and oxygen atoms in total. The molecule has 0 spiro atoms. The largest absolute Gasteiger partial charge is 0.397 e. The Bertz CT molecular complexity index is 579. The molecule has 19 heavy (non-hydrogen) atoms. The third-order valence-corrected chi connectivity index (χ3v) is 5.26. The summed E-state index contributed by atoms with van der Waals surface area (Å²) in [5, 5.41) is 1.72. The topological polar surface area (TPSA) is 89.3 Å². The van der Waals surface area contributed by atoms with Crippen LogP contribution in [-0.4, -0.2) is 25.3 Å². The summed E-state index contributed by atoms with van der Waals surface area (Å²) in [6, 6.07) is 2.83. The zero-order chi connectivity index (χ0) is 14.8. The van der Waals surface area contributed by atoms with Gasteiger partial charge in [0.25, 0.3) is 0 Å². The molecule has 1 unspecified atom stereocenters. The van der Waals surface area contributed by atoms with Gasteiger partial charge in [0.05, 0.1) is 16.4 Å². The first-order valence-corrected chi connectivity index (χ1v) is 7.93. The summed E-state index contributed by atoms with van der Waals surface area (Å²) < 4.78 is 23.2. The van der Waals surface area contributed by atoms with E-state index in [4.69, 9.17) is 28.9 Å². The Hall–Kier alpha value is -0.980. The van der Waals surface area contributed by atoms with Gasteiger partial charge >= 0.3 is 0 Å². The van der Waals surface area contributed by atoms with Crippen molar-refractivity contribution in [3.63, 3.8) is 0 Å². The summed E-state index contributed by atoms with van der Waals surface area (Å²) in [5.74, 6) is -0.802. The summed E-state index contributed by atoms with van der Waals surface area (Å²) >= 11 is 11.6. The number of nitrogens with two attached hydrogens (primary N) is 1. The number of rotatable bonds is 4. The Morgan fingerprint density at radius 1 is 1.42 bits per heavy atom. The molecule has 8 heteroatoms. The van der Waals surface area contributed by atoms with Crippen LogP contribution in [0.2, 0.25) is 10.0 Å². The fourth-order valence-corrected chi connectivity index (χ4v) is 2.80. The fraction of sp³-hybridized carbons (Fsp3) is 0.364. The van der Waals surface area contributed by atoms with E-state index in [-0.39, 0.29) is 22.2 Å². The van der Waals surface area contributed by atoms with E-state index in [1.165, 1.54) is 26.0 Å². The van der Waals surface area contributed by atoms with Crippen molar-refractivity contribution in [3.05, 3.63) is 22.2 Å². The van der Waals surface area contributed by atoms with Crippen molar-refractivity contribution >= 4 is 50.3 Å². The van der Waals surface area contributed by atoms with E-state index in [1.807, 2.05) is 0 Å². The lowest BCUT2D eigenvalue weighted by atomic mass is 10.2. The molecular formula is C11H14Cl2N2O3S. The number of carbonyl (C=O) groups is 1. The molecule has 1 aromatic carbocycles. The van der Waals surface area contributed by atoms with Crippen molar-refractivity contribution in [1.29, 1.82) is 0 Å². The molecule has 0 saturated heterocycles. The average molecular weight is 325 g/mol. The van der Waals surface area contributed by atoms with Gasteiger partial charge in [-0.05, 0) is 19.1 Å². The number of halogens is 2. The van der Waals surface area contributed by atoms with Crippen LogP contribution in [0, 0.1) is 0 Å². The van der Waals surface area contributed by atoms with E-state index >= 15 is 0 Å². The molecule has 0 heterocycles. The maximum atomic E-state index is 11.9. The quantitative estimate of drug-likeness (QED) is 0.832. The number of carbonyl (C=O) groups excluding carboxylic acids is 1. The number of sulfone groups is 1. The lowest BCUT2D eigenvalue weighted by Gasteiger charge is -2.14. The van der Waals surface area contributed by atoms with Gasteiger partial charge in [0.15, 0.2) is 9.84 Å². The molecular weight excluding hydrogens is 311 g/mol. The summed E-state index contributed by atoms with van der Waals surface area (Å²) in [6.07, 6.45) is 0. The van der Waals surface area contributed by atoms with Gasteiger partial charge in [-0.1, -0.05) is 30.1 Å². The molecule has 0 fully saturated rings. The Morgan fingerprint density at radius 2 is 2.00 bits per heavy atom. The van der Waals surface area contributed by atoms with Gasteiger partial charge in [-0.15, -0.1) is 0 Å². The first kappa shape index (κ1) is 16.1. The molecule has 0 saturated carbocycles. The molecule has 1 atom stereocenters. The third kappa shape index (κ3) is 3.75. The normalized spacial score (nSPS) is 13.1. The maximum Gasteiger partial charge on any atom is 0.242 e. The van der Waals surface area contributed by atoms with Crippen molar-refractivity contribution in [1.82, 2.24) is 0 Å². The number of nitrogens with one attached hydrogen (secondary N) is 1. The first-order valence-electron chi connectivity index (χ1n) is 5.46. The molecule has 0 aliphatic carbocycles. The van der Waals surface area contributed by atoms with Crippen molar-refractivity contribution in [2.24, 2.45) is 0 Å². The number of amides is 1. The lowest BCUT2D eigenvalue weighted by Crippen LogP contribution is -2.33. The van der Waals surface area contributed by atoms with E-state index < -0.39 is 21.0 Å². The van der Waals surface area contributed by atoms with Gasteiger partial charge in [-0.25, -0.2) is 8.42 Å². The second-order valence-electron chi connectivity index (χ2n) is 3.93. The van der Waals surface area contributed by atoms with Gasteiger partial charge in [-0.2, -0.15) is 0 Å². The molecule has 3 N–H and O–H groups in total. The minimum atomic E-state index is -3.47. The molecule has 1 rings (SSSR count). The van der Waals surface area contributed by atoms with Crippen LogP contribution in [0.25, 0.3) is 0 Å². The lowest BCUT2D eigenvalue weighted by molar-refractivity contribution is -0.115. The second kappa shape index (κ2) is 5.98. The monoisotopic (exact) mass is 324 g/mol. The van der Waals surface area contributed by atoms with Crippen molar-refractivity contribution < 1.29 is 13.2 Å². The molecule has 0 aromatic heterocycles. The summed E-state index contributed by atoms with van der Waals surface area (Å²) in [5.41, 5.74) is 6.01. The number of benzene rings is 1. The van der Waals surface area contributed by atoms with Crippen molar-refractivity contribution in [3.8, 4) is 0 Å². The van der Waals surface area contributed by atoms with E-state index in [1.54, 1.807) is 0 Å². The van der Waals surface area contributed by atoms with E-state index in [9.17, 15) is 13.2 Å². The summed E-state index contributed by atoms with van der Waals surface area (Å²) in [7, 11) is -3.47. The smallest absolute Gasteiger partial charge is 0.242 e. The molecule has 0 radical (unpaired) electrons. The third-order valence-electron chi connectivity index (χ3n) is 2.64. The van der Waals surface area contributed by atoms with E-state index in [0.29, 0.717) is 5.02 Å². The number of hydrogen-bond acceptors (Lipinski definition) is 4. The highest BCUT2D eigenvalue weighted by Crippen LogP contribution is 2.32. The van der Waals surface area contributed by atoms with Crippen molar-refractivity contribution in [2.75, 3.05) is 16.8 Å². The zero-order valence-corrected chi connectivity index (χ0v) is 12.7. The van der Waals surface area contributed by atoms with Crippen LogP contribution in [0.15, 0.2) is 12.1 Å². The van der Waals surface area contributed by atoms with Crippen LogP contribution in [0.1, 0.15) is 13.8 Å². The van der Waals surface area contributed by atoms with Gasteiger partial charge in [0.2, 0.25) is 5.91 Å². The van der Waals surface area contributed by atoms with Crippen LogP contribution < -0.4 is 11.1 Å². The van der Waals surface area contributed by atoms with E-state index in [2.05, 4.69) is 5.32 Å². The van der Waals surface area contributed by atoms with Gasteiger partial charge in [0.1, 0.15) is 5.25 Å². The number of anilines is 2. The standard InChI is InChI=1S/C11H14Cl2N2O3S/c1-3-19(17,18)6(2)11(16)15-10-8(13)4-7(12)5-9(10)14/h4-6H,3,14H2,1-2H3,(H,15,16). The second-order valence-corrected chi connectivity index (χ2v) is 7.39. The molecule has 0 bridgehead atoms. The Morgan fingerprint density at radius 3 is 2.47 bits per heavy atom. The van der Waals surface area contributed by atoms with Crippen LogP contribution in [0.5, 0.6) is 0 Å². The molecule has 1 amide bonds. The maximum absolute atomic E-state index is 11.9. The summed E-state index contributed by atoms with van der Waals surface area (Å²) in [6.45, 7) is 2.79. The first-order chi connectivity index (χ1) is 8.69. The molecule has 106 valence electrons. The minimum absolute atomic E-state index is 0.120. The molecule has 0 aliphatic rings. The highest BCUT2D eigenvalue weighted by molar-refractivity contribution is 7.92. The molecule has 0 aliphatic heterocycles. The highest BCUT2D eigenvalue weighted by atomic mass is 35.5. The fourth-order valence-electron chi connectivity index (χ4n) is 1.36. The predicted molar refractivity (Wildman–Crippen MR) is 78.4 cm³/mol. The van der Waals surface area contributed by atoms with Crippen LogP contribution in [-0.2, 0) is 14.6 Å². The van der Waals surface area contributed by atoms with Gasteiger partial charge in [0, 0.05) is 10.8 Å². The Balaban J connectivity index is 3.02. The number of nitrogen functional groups attached to an aromatic ring is 1. The molecule has 1 aromatic rings. The average Bonchev–Trinajstić information content (AvgIpc) is 2.32. The summed E-state index contributed by atoms with van der Waals surface area (Å²) in [4.78, 5) is 11.9.